The van der Waals surface area contributed by atoms with Crippen LogP contribution in [0.5, 0.6) is 0 Å². The van der Waals surface area contributed by atoms with E-state index in [0.29, 0.717) is 29.3 Å². The Morgan fingerprint density at radius 2 is 2.00 bits per heavy atom. The van der Waals surface area contributed by atoms with Crippen molar-refractivity contribution in [2.45, 2.75) is 25.4 Å². The van der Waals surface area contributed by atoms with Crippen LogP contribution < -0.4 is 16.6 Å². The standard InChI is InChI=1S/C19H16FN3O3/c20-14-6-3-5-12-11(14)8-9-16(12)21-17(24)10-23-18(25)13-4-1-2-7-15(13)22-19(23)26/h1-7,16H,8-10H2,(H,21,24)(H,22,26). The van der Waals surface area contributed by atoms with Crippen LogP contribution in [0, 0.1) is 5.82 Å². The van der Waals surface area contributed by atoms with Crippen molar-refractivity contribution in [2.75, 3.05) is 0 Å². The molecule has 4 rings (SSSR count). The first-order valence-corrected chi connectivity index (χ1v) is 8.33. The normalized spacial score (nSPS) is 15.8. The molecule has 1 aromatic heterocycles. The number of aromatic amines is 1. The Bertz CT molecular complexity index is 1130. The molecule has 132 valence electrons. The number of nitrogens with one attached hydrogen (secondary N) is 2. The number of H-pyrrole nitrogens is 1. The van der Waals surface area contributed by atoms with Crippen LogP contribution in [0.25, 0.3) is 10.9 Å². The fourth-order valence-electron chi connectivity index (χ4n) is 3.49. The Hall–Kier alpha value is -3.22. The monoisotopic (exact) mass is 353 g/mol. The van der Waals surface area contributed by atoms with E-state index in [9.17, 15) is 18.8 Å². The molecule has 0 radical (unpaired) electrons. The van der Waals surface area contributed by atoms with Crippen molar-refractivity contribution in [3.63, 3.8) is 0 Å². The summed E-state index contributed by atoms with van der Waals surface area (Å²) in [5.74, 6) is -0.739. The Morgan fingerprint density at radius 3 is 2.85 bits per heavy atom. The second kappa shape index (κ2) is 6.25. The summed E-state index contributed by atoms with van der Waals surface area (Å²) < 4.78 is 14.7. The third-order valence-corrected chi connectivity index (χ3v) is 4.74. The number of aromatic nitrogens is 2. The molecule has 0 saturated carbocycles. The van der Waals surface area contributed by atoms with Gasteiger partial charge in [-0.2, -0.15) is 0 Å². The van der Waals surface area contributed by atoms with E-state index < -0.39 is 17.2 Å². The Kier molecular flexibility index (Phi) is 3.91. The summed E-state index contributed by atoms with van der Waals surface area (Å²) in [4.78, 5) is 39.6. The average molecular weight is 353 g/mol. The topological polar surface area (TPSA) is 84.0 Å². The van der Waals surface area contributed by atoms with Gasteiger partial charge >= 0.3 is 5.69 Å². The molecule has 7 heteroatoms. The van der Waals surface area contributed by atoms with Crippen molar-refractivity contribution in [3.05, 3.63) is 80.2 Å². The van der Waals surface area contributed by atoms with Crippen LogP contribution in [0.3, 0.4) is 0 Å². The number of hydrogen-bond acceptors (Lipinski definition) is 3. The molecule has 0 fully saturated rings. The number of amides is 1. The Labute approximate surface area is 147 Å². The van der Waals surface area contributed by atoms with Gasteiger partial charge in [-0.25, -0.2) is 9.18 Å². The van der Waals surface area contributed by atoms with Crippen LogP contribution >= 0.6 is 0 Å². The van der Waals surface area contributed by atoms with Crippen LogP contribution in [-0.2, 0) is 17.8 Å². The van der Waals surface area contributed by atoms with Gasteiger partial charge in [0.1, 0.15) is 12.4 Å². The lowest BCUT2D eigenvalue weighted by Crippen LogP contribution is -2.41. The predicted molar refractivity (Wildman–Crippen MR) is 94.4 cm³/mol. The maximum absolute atomic E-state index is 13.8. The maximum Gasteiger partial charge on any atom is 0.329 e. The van der Waals surface area contributed by atoms with E-state index in [0.717, 1.165) is 10.1 Å². The number of para-hydroxylation sites is 1. The first-order valence-electron chi connectivity index (χ1n) is 8.33. The van der Waals surface area contributed by atoms with E-state index in [2.05, 4.69) is 10.3 Å². The predicted octanol–water partition coefficient (Wildman–Crippen LogP) is 1.63. The molecular weight excluding hydrogens is 337 g/mol. The lowest BCUT2D eigenvalue weighted by atomic mass is 10.1. The fourth-order valence-corrected chi connectivity index (χ4v) is 3.49. The SMILES string of the molecule is O=C(Cn1c(=O)[nH]c2ccccc2c1=O)NC1CCc2c(F)cccc21. The number of carbonyl (C=O) groups is 1. The van der Waals surface area contributed by atoms with Crippen LogP contribution in [0.4, 0.5) is 4.39 Å². The Morgan fingerprint density at radius 1 is 1.19 bits per heavy atom. The van der Waals surface area contributed by atoms with E-state index >= 15 is 0 Å². The summed E-state index contributed by atoms with van der Waals surface area (Å²) in [6, 6.07) is 11.1. The maximum atomic E-state index is 13.8. The molecule has 1 aliphatic rings. The summed E-state index contributed by atoms with van der Waals surface area (Å²) in [5, 5.41) is 3.14. The number of benzene rings is 2. The van der Waals surface area contributed by atoms with Gasteiger partial charge in [-0.3, -0.25) is 14.2 Å². The number of halogens is 1. The molecule has 0 aliphatic heterocycles. The number of fused-ring (bicyclic) bond motifs is 2. The van der Waals surface area contributed by atoms with Crippen molar-refractivity contribution < 1.29 is 9.18 Å². The van der Waals surface area contributed by atoms with Gasteiger partial charge in [0.05, 0.1) is 16.9 Å². The highest BCUT2D eigenvalue weighted by atomic mass is 19.1. The van der Waals surface area contributed by atoms with Crippen LogP contribution in [0.2, 0.25) is 0 Å². The molecular formula is C19H16FN3O3. The first-order chi connectivity index (χ1) is 12.5. The minimum absolute atomic E-state index is 0.276. The molecule has 3 aromatic rings. The van der Waals surface area contributed by atoms with Crippen molar-refractivity contribution in [3.8, 4) is 0 Å². The third kappa shape index (κ3) is 2.71. The number of hydrogen-bond donors (Lipinski definition) is 2. The highest BCUT2D eigenvalue weighted by molar-refractivity contribution is 5.79. The molecule has 2 aromatic carbocycles. The zero-order chi connectivity index (χ0) is 18.3. The molecule has 1 amide bonds. The minimum Gasteiger partial charge on any atom is -0.348 e. The molecule has 1 heterocycles. The molecule has 1 aliphatic carbocycles. The highest BCUT2D eigenvalue weighted by Gasteiger charge is 2.26. The van der Waals surface area contributed by atoms with Gasteiger partial charge in [0.25, 0.3) is 5.56 Å². The van der Waals surface area contributed by atoms with Gasteiger partial charge in [-0.15, -0.1) is 0 Å². The Balaban J connectivity index is 1.59. The van der Waals surface area contributed by atoms with Gasteiger partial charge in [0.15, 0.2) is 0 Å². The molecule has 0 saturated heterocycles. The largest absolute Gasteiger partial charge is 0.348 e. The average Bonchev–Trinajstić information content (AvgIpc) is 3.03. The lowest BCUT2D eigenvalue weighted by molar-refractivity contribution is -0.122. The lowest BCUT2D eigenvalue weighted by Gasteiger charge is -2.14. The molecule has 0 bridgehead atoms. The summed E-state index contributed by atoms with van der Waals surface area (Å²) >= 11 is 0. The van der Waals surface area contributed by atoms with E-state index in [4.69, 9.17) is 0 Å². The van der Waals surface area contributed by atoms with Gasteiger partial charge in [-0.1, -0.05) is 24.3 Å². The van der Waals surface area contributed by atoms with E-state index in [1.165, 1.54) is 6.07 Å². The number of rotatable bonds is 3. The second-order valence-corrected chi connectivity index (χ2v) is 6.33. The van der Waals surface area contributed by atoms with Crippen molar-refractivity contribution in [2.24, 2.45) is 0 Å². The third-order valence-electron chi connectivity index (χ3n) is 4.74. The number of carbonyl (C=O) groups excluding carboxylic acids is 1. The van der Waals surface area contributed by atoms with Gasteiger partial charge in [0, 0.05) is 0 Å². The van der Waals surface area contributed by atoms with E-state index in [1.807, 2.05) is 0 Å². The number of nitrogens with zero attached hydrogens (tertiary/aromatic N) is 1. The molecule has 6 nitrogen and oxygen atoms in total. The minimum atomic E-state index is -0.637. The molecule has 2 N–H and O–H groups in total. The summed E-state index contributed by atoms with van der Waals surface area (Å²) in [5.41, 5.74) is 0.634. The summed E-state index contributed by atoms with van der Waals surface area (Å²) in [6.07, 6.45) is 1.13. The van der Waals surface area contributed by atoms with E-state index in [-0.39, 0.29) is 18.4 Å². The van der Waals surface area contributed by atoms with Crippen molar-refractivity contribution in [1.82, 2.24) is 14.9 Å². The molecule has 1 atom stereocenters. The van der Waals surface area contributed by atoms with Crippen LogP contribution in [0.15, 0.2) is 52.1 Å². The molecule has 26 heavy (non-hydrogen) atoms. The zero-order valence-electron chi connectivity index (χ0n) is 13.8. The second-order valence-electron chi connectivity index (χ2n) is 6.33. The van der Waals surface area contributed by atoms with Gasteiger partial charge in [-0.05, 0) is 42.2 Å². The summed E-state index contributed by atoms with van der Waals surface area (Å²) in [7, 11) is 0. The van der Waals surface area contributed by atoms with Gasteiger partial charge in [0.2, 0.25) is 5.91 Å². The van der Waals surface area contributed by atoms with Crippen molar-refractivity contribution >= 4 is 16.8 Å². The first kappa shape index (κ1) is 16.3. The van der Waals surface area contributed by atoms with E-state index in [1.54, 1.807) is 36.4 Å². The molecule has 1 unspecified atom stereocenters. The van der Waals surface area contributed by atoms with Gasteiger partial charge < -0.3 is 10.3 Å². The van der Waals surface area contributed by atoms with Crippen molar-refractivity contribution in [1.29, 1.82) is 0 Å². The van der Waals surface area contributed by atoms with Crippen LogP contribution in [-0.4, -0.2) is 15.5 Å². The quantitative estimate of drug-likeness (QED) is 0.751. The highest BCUT2D eigenvalue weighted by Crippen LogP contribution is 2.32. The van der Waals surface area contributed by atoms with Crippen LogP contribution in [0.1, 0.15) is 23.6 Å². The fraction of sp³-hybridized carbons (Fsp3) is 0.211. The summed E-state index contributed by atoms with van der Waals surface area (Å²) in [6.45, 7) is -0.389. The smallest absolute Gasteiger partial charge is 0.329 e. The molecule has 0 spiro atoms. The zero-order valence-corrected chi connectivity index (χ0v) is 13.8.